The van der Waals surface area contributed by atoms with Gasteiger partial charge in [0.15, 0.2) is 17.0 Å². The molecule has 2 aliphatic rings. The second-order valence-electron chi connectivity index (χ2n) is 9.86. The Bertz CT molecular complexity index is 1370. The molecule has 2 amide bonds. The second kappa shape index (κ2) is 11.9. The van der Waals surface area contributed by atoms with Crippen molar-refractivity contribution in [3.8, 4) is 5.69 Å². The molecule has 214 valence electrons. The summed E-state index contributed by atoms with van der Waals surface area (Å²) in [5, 5.41) is 9.90. The highest BCUT2D eigenvalue weighted by Crippen LogP contribution is 2.28. The van der Waals surface area contributed by atoms with E-state index in [9.17, 15) is 18.4 Å². The Morgan fingerprint density at radius 3 is 2.80 bits per heavy atom. The fourth-order valence-electron chi connectivity index (χ4n) is 5.13. The van der Waals surface area contributed by atoms with E-state index in [2.05, 4.69) is 37.3 Å². The summed E-state index contributed by atoms with van der Waals surface area (Å²) in [4.78, 5) is 42.2. The van der Waals surface area contributed by atoms with Crippen molar-refractivity contribution in [3.63, 3.8) is 0 Å². The van der Waals surface area contributed by atoms with Gasteiger partial charge in [0.25, 0.3) is 0 Å². The van der Waals surface area contributed by atoms with Crippen molar-refractivity contribution in [1.29, 1.82) is 0 Å². The zero-order chi connectivity index (χ0) is 28.2. The molecule has 4 heterocycles. The number of anilines is 2. The van der Waals surface area contributed by atoms with E-state index < -0.39 is 6.55 Å². The summed E-state index contributed by atoms with van der Waals surface area (Å²) in [6.07, 6.45) is 7.98. The number of halogens is 2. The van der Waals surface area contributed by atoms with Gasteiger partial charge in [-0.3, -0.25) is 14.2 Å². The summed E-state index contributed by atoms with van der Waals surface area (Å²) in [7, 11) is 1.73. The van der Waals surface area contributed by atoms with Crippen LogP contribution >= 0.6 is 0 Å². The quantitative estimate of drug-likeness (QED) is 0.356. The van der Waals surface area contributed by atoms with Gasteiger partial charge in [-0.25, -0.2) is 9.67 Å². The summed E-state index contributed by atoms with van der Waals surface area (Å²) < 4.78 is 33.8. The SMILES string of the molecule is C=CC(=O)N(C)C[C@H]1CCC[C@H]1NC(=O)CNc1nc(N2CCOCC2)nc2c1ncn2-c1cnn(C(F)F)c1. The smallest absolute Gasteiger partial charge is 0.333 e. The maximum atomic E-state index is 13.1. The Hall–Kier alpha value is -4.14. The number of nitrogens with zero attached hydrogens (tertiary/aromatic N) is 8. The normalized spacial score (nSPS) is 19.2. The van der Waals surface area contributed by atoms with Gasteiger partial charge in [0.2, 0.25) is 17.8 Å². The molecule has 3 aromatic rings. The third-order valence-corrected chi connectivity index (χ3v) is 7.23. The van der Waals surface area contributed by atoms with E-state index in [0.29, 0.717) is 66.1 Å². The molecule has 0 bridgehead atoms. The van der Waals surface area contributed by atoms with E-state index in [0.717, 1.165) is 19.3 Å². The Morgan fingerprint density at radius 2 is 2.08 bits per heavy atom. The summed E-state index contributed by atoms with van der Waals surface area (Å²) in [6.45, 7) is 3.42. The molecule has 40 heavy (non-hydrogen) atoms. The van der Waals surface area contributed by atoms with E-state index in [1.54, 1.807) is 16.5 Å². The first-order valence-corrected chi connectivity index (χ1v) is 13.1. The topological polar surface area (TPSA) is 135 Å². The van der Waals surface area contributed by atoms with Crippen LogP contribution < -0.4 is 15.5 Å². The van der Waals surface area contributed by atoms with Gasteiger partial charge in [-0.15, -0.1) is 0 Å². The van der Waals surface area contributed by atoms with Crippen LogP contribution in [0.4, 0.5) is 20.5 Å². The van der Waals surface area contributed by atoms with Crippen LogP contribution in [0.15, 0.2) is 31.4 Å². The maximum absolute atomic E-state index is 13.1. The van der Waals surface area contributed by atoms with E-state index in [1.807, 2.05) is 4.90 Å². The predicted molar refractivity (Wildman–Crippen MR) is 142 cm³/mol. The summed E-state index contributed by atoms with van der Waals surface area (Å²) in [5.41, 5.74) is 1.14. The van der Waals surface area contributed by atoms with Crippen LogP contribution in [-0.2, 0) is 14.3 Å². The number of nitrogens with one attached hydrogen (secondary N) is 2. The number of hydrogen-bond donors (Lipinski definition) is 2. The lowest BCUT2D eigenvalue weighted by atomic mass is 10.0. The Morgan fingerprint density at radius 1 is 1.27 bits per heavy atom. The van der Waals surface area contributed by atoms with Gasteiger partial charge in [-0.2, -0.15) is 23.8 Å². The third-order valence-electron chi connectivity index (χ3n) is 7.23. The number of rotatable bonds is 10. The van der Waals surface area contributed by atoms with Crippen molar-refractivity contribution < 1.29 is 23.1 Å². The number of ether oxygens (including phenoxy) is 1. The molecule has 0 aromatic carbocycles. The zero-order valence-corrected chi connectivity index (χ0v) is 22.2. The van der Waals surface area contributed by atoms with Crippen molar-refractivity contribution in [2.45, 2.75) is 31.9 Å². The molecule has 2 atom stereocenters. The third kappa shape index (κ3) is 5.88. The highest BCUT2D eigenvalue weighted by atomic mass is 19.3. The molecular weight excluding hydrogens is 526 g/mol. The number of morpholine rings is 1. The molecule has 0 unspecified atom stereocenters. The van der Waals surface area contributed by atoms with E-state index >= 15 is 0 Å². The van der Waals surface area contributed by atoms with Crippen LogP contribution in [0.3, 0.4) is 0 Å². The van der Waals surface area contributed by atoms with Crippen LogP contribution in [0.1, 0.15) is 25.8 Å². The average molecular weight is 559 g/mol. The molecule has 1 aliphatic carbocycles. The summed E-state index contributed by atoms with van der Waals surface area (Å²) in [5.74, 6) is 0.546. The van der Waals surface area contributed by atoms with E-state index in [1.165, 1.54) is 24.8 Å². The van der Waals surface area contributed by atoms with Crippen LogP contribution in [0, 0.1) is 5.92 Å². The van der Waals surface area contributed by atoms with Crippen LogP contribution in [0.5, 0.6) is 0 Å². The highest BCUT2D eigenvalue weighted by Gasteiger charge is 2.30. The summed E-state index contributed by atoms with van der Waals surface area (Å²) in [6, 6.07) is -0.0470. The van der Waals surface area contributed by atoms with Gasteiger partial charge in [-0.1, -0.05) is 13.0 Å². The van der Waals surface area contributed by atoms with Gasteiger partial charge in [0.1, 0.15) is 6.33 Å². The Kier molecular flexibility index (Phi) is 8.19. The second-order valence-corrected chi connectivity index (χ2v) is 9.86. The van der Waals surface area contributed by atoms with Crippen molar-refractivity contribution in [3.05, 3.63) is 31.4 Å². The molecular formula is C25H32F2N10O3. The van der Waals surface area contributed by atoms with Gasteiger partial charge >= 0.3 is 6.55 Å². The molecule has 1 aliphatic heterocycles. The maximum Gasteiger partial charge on any atom is 0.333 e. The van der Waals surface area contributed by atoms with Gasteiger partial charge < -0.3 is 25.2 Å². The van der Waals surface area contributed by atoms with E-state index in [4.69, 9.17) is 4.74 Å². The Balaban J connectivity index is 1.34. The van der Waals surface area contributed by atoms with Crippen LogP contribution in [0.25, 0.3) is 16.9 Å². The lowest BCUT2D eigenvalue weighted by Gasteiger charge is -2.27. The lowest BCUT2D eigenvalue weighted by molar-refractivity contribution is -0.125. The number of likely N-dealkylation sites (N-methyl/N-ethyl adjacent to an activating group) is 1. The molecule has 0 spiro atoms. The van der Waals surface area contributed by atoms with Crippen molar-refractivity contribution in [1.82, 2.24) is 39.5 Å². The molecule has 2 fully saturated rings. The van der Waals surface area contributed by atoms with Crippen molar-refractivity contribution in [2.24, 2.45) is 5.92 Å². The lowest BCUT2D eigenvalue weighted by Crippen LogP contribution is -2.44. The van der Waals surface area contributed by atoms with Crippen LogP contribution in [0.2, 0.25) is 0 Å². The van der Waals surface area contributed by atoms with Crippen LogP contribution in [-0.4, -0.2) is 98.5 Å². The molecule has 13 nitrogen and oxygen atoms in total. The predicted octanol–water partition coefficient (Wildman–Crippen LogP) is 1.58. The molecule has 0 radical (unpaired) electrons. The zero-order valence-electron chi connectivity index (χ0n) is 22.2. The number of carbonyl (C=O) groups is 2. The number of aromatic nitrogens is 6. The molecule has 1 saturated heterocycles. The fourth-order valence-corrected chi connectivity index (χ4v) is 5.13. The van der Waals surface area contributed by atoms with Crippen molar-refractivity contribution >= 4 is 34.7 Å². The first kappa shape index (κ1) is 27.4. The number of fused-ring (bicyclic) bond motifs is 1. The number of alkyl halides is 2. The minimum absolute atomic E-state index is 0.0470. The minimum atomic E-state index is -2.78. The molecule has 5 rings (SSSR count). The van der Waals surface area contributed by atoms with E-state index in [-0.39, 0.29) is 30.3 Å². The average Bonchev–Trinajstić information content (AvgIpc) is 3.72. The molecule has 3 aromatic heterocycles. The number of imidazole rings is 1. The first-order valence-electron chi connectivity index (χ1n) is 13.1. The number of amides is 2. The highest BCUT2D eigenvalue weighted by molar-refractivity contribution is 5.88. The van der Waals surface area contributed by atoms with Crippen molar-refractivity contribution in [2.75, 3.05) is 56.7 Å². The molecule has 2 N–H and O–H groups in total. The number of carbonyl (C=O) groups excluding carboxylic acids is 2. The summed E-state index contributed by atoms with van der Waals surface area (Å²) >= 11 is 0. The first-order chi connectivity index (χ1) is 19.3. The standard InChI is InChI=1S/C25H32F2N10O3/c1-3-20(39)34(2)13-16-5-4-6-18(16)31-19(38)12-28-22-21-23(33-25(32-22)35-7-9-40-10-8-35)36(15-29-21)17-11-30-37(14-17)24(26)27/h3,11,14-16,18,24H,1,4-10,12-13H2,2H3,(H,31,38)(H,28,32,33)/t16-,18-/m1/s1. The molecule has 15 heteroatoms. The largest absolute Gasteiger partial charge is 0.378 e. The molecule has 1 saturated carbocycles. The fraction of sp³-hybridized carbons (Fsp3) is 0.520. The van der Waals surface area contributed by atoms with Gasteiger partial charge in [0.05, 0.1) is 37.8 Å². The van der Waals surface area contributed by atoms with Gasteiger partial charge in [-0.05, 0) is 24.8 Å². The van der Waals surface area contributed by atoms with Gasteiger partial charge in [0, 0.05) is 32.7 Å². The monoisotopic (exact) mass is 558 g/mol. The minimum Gasteiger partial charge on any atom is -0.378 e. The number of hydrogen-bond acceptors (Lipinski definition) is 9. The Labute approximate surface area is 229 Å².